The van der Waals surface area contributed by atoms with Gasteiger partial charge < -0.3 is 4.90 Å². The van der Waals surface area contributed by atoms with Crippen molar-refractivity contribution in [3.05, 3.63) is 40.4 Å². The number of nitrogens with zero attached hydrogens (tertiary/aromatic N) is 3. The molecule has 3 rings (SSSR count). The molecule has 0 spiro atoms. The molecule has 7 heteroatoms. The van der Waals surface area contributed by atoms with Crippen LogP contribution in [0.3, 0.4) is 0 Å². The fourth-order valence-corrected chi connectivity index (χ4v) is 4.16. The molecule has 138 valence electrons. The number of hydrogen-bond acceptors (Lipinski definition) is 5. The fraction of sp³-hybridized carbons (Fsp3) is 0.474. The lowest BCUT2D eigenvalue weighted by atomic mass is 10.1. The smallest absolute Gasteiger partial charge is 0.257 e. The van der Waals surface area contributed by atoms with Crippen LogP contribution in [-0.4, -0.2) is 33.5 Å². The number of aromatic nitrogens is 2. The highest BCUT2D eigenvalue weighted by molar-refractivity contribution is 7.15. The highest BCUT2D eigenvalue weighted by atomic mass is 32.1. The summed E-state index contributed by atoms with van der Waals surface area (Å²) in [6.45, 7) is 5.60. The van der Waals surface area contributed by atoms with Crippen LogP contribution in [0.1, 0.15) is 66.4 Å². The molecule has 1 saturated heterocycles. The van der Waals surface area contributed by atoms with Gasteiger partial charge in [0.05, 0.1) is 0 Å². The van der Waals surface area contributed by atoms with Crippen LogP contribution in [0, 0.1) is 0 Å². The molecule has 0 atom stereocenters. The quantitative estimate of drug-likeness (QED) is 0.802. The standard InChI is InChI=1S/C19H24N4O2S/c1-3-14(4-2)18-21-22-19(26-18)20-17(25)15-8-5-7-13(11-15)12-23-10-6-9-16(23)24/h5,7-8,11,14H,3-4,6,9-10,12H2,1-2H3,(H,20,22,25). The molecule has 0 saturated carbocycles. The molecule has 2 heterocycles. The number of nitrogens with one attached hydrogen (secondary N) is 1. The van der Waals surface area contributed by atoms with E-state index < -0.39 is 0 Å². The van der Waals surface area contributed by atoms with E-state index in [0.717, 1.165) is 36.4 Å². The van der Waals surface area contributed by atoms with Gasteiger partial charge in [-0.2, -0.15) is 0 Å². The second-order valence-corrected chi connectivity index (χ2v) is 7.54. The summed E-state index contributed by atoms with van der Waals surface area (Å²) in [6.07, 6.45) is 3.55. The maximum absolute atomic E-state index is 12.5. The summed E-state index contributed by atoms with van der Waals surface area (Å²) in [5.41, 5.74) is 1.52. The van der Waals surface area contributed by atoms with E-state index in [9.17, 15) is 9.59 Å². The van der Waals surface area contributed by atoms with Crippen molar-refractivity contribution >= 4 is 28.3 Å². The lowest BCUT2D eigenvalue weighted by Crippen LogP contribution is -2.24. The van der Waals surface area contributed by atoms with Crippen LogP contribution in [0.5, 0.6) is 0 Å². The van der Waals surface area contributed by atoms with Crippen molar-refractivity contribution in [2.24, 2.45) is 0 Å². The SMILES string of the molecule is CCC(CC)c1nnc(NC(=O)c2cccc(CN3CCCC3=O)c2)s1. The second-order valence-electron chi connectivity index (χ2n) is 6.53. The van der Waals surface area contributed by atoms with E-state index in [1.807, 2.05) is 23.1 Å². The van der Waals surface area contributed by atoms with Crippen LogP contribution < -0.4 is 5.32 Å². The first-order valence-corrected chi connectivity index (χ1v) is 9.93. The van der Waals surface area contributed by atoms with Gasteiger partial charge in [0.25, 0.3) is 5.91 Å². The van der Waals surface area contributed by atoms with E-state index in [2.05, 4.69) is 29.4 Å². The number of benzene rings is 1. The maximum Gasteiger partial charge on any atom is 0.257 e. The van der Waals surface area contributed by atoms with Gasteiger partial charge in [-0.25, -0.2) is 0 Å². The molecule has 1 aliphatic rings. The van der Waals surface area contributed by atoms with Gasteiger partial charge in [0.1, 0.15) is 5.01 Å². The Bertz CT molecular complexity index is 785. The zero-order chi connectivity index (χ0) is 18.5. The van der Waals surface area contributed by atoms with Gasteiger partial charge in [-0.3, -0.25) is 14.9 Å². The second kappa shape index (κ2) is 8.40. The molecule has 6 nitrogen and oxygen atoms in total. The minimum absolute atomic E-state index is 0.183. The van der Waals surface area contributed by atoms with Gasteiger partial charge in [0, 0.05) is 31.0 Å². The molecule has 1 fully saturated rings. The summed E-state index contributed by atoms with van der Waals surface area (Å²) in [5, 5.41) is 12.6. The first kappa shape index (κ1) is 18.5. The summed E-state index contributed by atoms with van der Waals surface area (Å²) in [4.78, 5) is 26.1. The number of anilines is 1. The van der Waals surface area contributed by atoms with Crippen molar-refractivity contribution in [1.29, 1.82) is 0 Å². The highest BCUT2D eigenvalue weighted by Crippen LogP contribution is 2.28. The topological polar surface area (TPSA) is 75.2 Å². The van der Waals surface area contributed by atoms with E-state index >= 15 is 0 Å². The summed E-state index contributed by atoms with van der Waals surface area (Å²) in [5.74, 6) is 0.369. The third-order valence-electron chi connectivity index (χ3n) is 4.73. The number of rotatable bonds is 7. The molecule has 1 aliphatic heterocycles. The van der Waals surface area contributed by atoms with Crippen molar-refractivity contribution in [2.75, 3.05) is 11.9 Å². The highest BCUT2D eigenvalue weighted by Gasteiger charge is 2.20. The van der Waals surface area contributed by atoms with E-state index in [-0.39, 0.29) is 11.8 Å². The van der Waals surface area contributed by atoms with E-state index in [1.54, 1.807) is 6.07 Å². The summed E-state index contributed by atoms with van der Waals surface area (Å²) < 4.78 is 0. The predicted molar refractivity (Wildman–Crippen MR) is 102 cm³/mol. The molecule has 0 unspecified atom stereocenters. The Morgan fingerprint density at radius 2 is 2.12 bits per heavy atom. The zero-order valence-electron chi connectivity index (χ0n) is 15.2. The number of carbonyl (C=O) groups is 2. The Kier molecular flexibility index (Phi) is 5.98. The number of likely N-dealkylation sites (tertiary alicyclic amines) is 1. The summed E-state index contributed by atoms with van der Waals surface area (Å²) >= 11 is 1.44. The first-order valence-electron chi connectivity index (χ1n) is 9.12. The molecular formula is C19H24N4O2S. The van der Waals surface area contributed by atoms with Crippen molar-refractivity contribution in [3.63, 3.8) is 0 Å². The summed E-state index contributed by atoms with van der Waals surface area (Å²) in [7, 11) is 0. The van der Waals surface area contributed by atoms with E-state index in [1.165, 1.54) is 11.3 Å². The van der Waals surface area contributed by atoms with E-state index in [0.29, 0.717) is 29.6 Å². The van der Waals surface area contributed by atoms with Crippen LogP contribution in [0.2, 0.25) is 0 Å². The molecule has 0 radical (unpaired) electrons. The Balaban J connectivity index is 1.66. The fourth-order valence-electron chi connectivity index (χ4n) is 3.16. The minimum atomic E-state index is -0.202. The van der Waals surface area contributed by atoms with Crippen LogP contribution in [0.4, 0.5) is 5.13 Å². The zero-order valence-corrected chi connectivity index (χ0v) is 16.0. The lowest BCUT2D eigenvalue weighted by molar-refractivity contribution is -0.128. The Labute approximate surface area is 157 Å². The largest absolute Gasteiger partial charge is 0.338 e. The average Bonchev–Trinajstić information content (AvgIpc) is 3.26. The van der Waals surface area contributed by atoms with Gasteiger partial charge in [-0.1, -0.05) is 37.3 Å². The molecule has 1 aromatic carbocycles. The monoisotopic (exact) mass is 372 g/mol. The number of amides is 2. The van der Waals surface area contributed by atoms with Crippen LogP contribution >= 0.6 is 11.3 Å². The van der Waals surface area contributed by atoms with Crippen molar-refractivity contribution < 1.29 is 9.59 Å². The lowest BCUT2D eigenvalue weighted by Gasteiger charge is -2.15. The molecule has 1 N–H and O–H groups in total. The predicted octanol–water partition coefficient (Wildman–Crippen LogP) is 3.82. The van der Waals surface area contributed by atoms with Gasteiger partial charge in [-0.15, -0.1) is 10.2 Å². The molecule has 0 aliphatic carbocycles. The van der Waals surface area contributed by atoms with Crippen molar-refractivity contribution in [2.45, 2.75) is 52.0 Å². The third-order valence-corrected chi connectivity index (χ3v) is 5.73. The molecule has 26 heavy (non-hydrogen) atoms. The minimum Gasteiger partial charge on any atom is -0.338 e. The Morgan fingerprint density at radius 1 is 1.31 bits per heavy atom. The van der Waals surface area contributed by atoms with Crippen LogP contribution in [-0.2, 0) is 11.3 Å². The Morgan fingerprint density at radius 3 is 2.81 bits per heavy atom. The van der Waals surface area contributed by atoms with Crippen LogP contribution in [0.15, 0.2) is 24.3 Å². The van der Waals surface area contributed by atoms with Crippen molar-refractivity contribution in [1.82, 2.24) is 15.1 Å². The maximum atomic E-state index is 12.5. The first-order chi connectivity index (χ1) is 12.6. The van der Waals surface area contributed by atoms with Gasteiger partial charge in [0.2, 0.25) is 11.0 Å². The molecule has 1 aromatic heterocycles. The molecule has 2 aromatic rings. The van der Waals surface area contributed by atoms with Gasteiger partial charge in [0.15, 0.2) is 0 Å². The normalized spacial score (nSPS) is 14.3. The number of carbonyl (C=O) groups excluding carboxylic acids is 2. The van der Waals surface area contributed by atoms with Gasteiger partial charge >= 0.3 is 0 Å². The Hall–Kier alpha value is -2.28. The van der Waals surface area contributed by atoms with E-state index in [4.69, 9.17) is 0 Å². The van der Waals surface area contributed by atoms with Gasteiger partial charge in [-0.05, 0) is 37.0 Å². The van der Waals surface area contributed by atoms with Crippen LogP contribution in [0.25, 0.3) is 0 Å². The van der Waals surface area contributed by atoms with Crippen molar-refractivity contribution in [3.8, 4) is 0 Å². The molecular weight excluding hydrogens is 348 g/mol. The molecule has 2 amide bonds. The molecule has 0 bridgehead atoms. The summed E-state index contributed by atoms with van der Waals surface area (Å²) in [6, 6.07) is 7.40. The average molecular weight is 372 g/mol. The third kappa shape index (κ3) is 4.27. The number of hydrogen-bond donors (Lipinski definition) is 1.